The molecular weight excluding hydrogens is 290 g/mol. The highest BCUT2D eigenvalue weighted by Crippen LogP contribution is 2.36. The van der Waals surface area contributed by atoms with Crippen molar-refractivity contribution in [2.24, 2.45) is 0 Å². The van der Waals surface area contributed by atoms with Crippen LogP contribution in [0.5, 0.6) is 0 Å². The van der Waals surface area contributed by atoms with Gasteiger partial charge in [0.2, 0.25) is 0 Å². The van der Waals surface area contributed by atoms with Crippen molar-refractivity contribution in [3.05, 3.63) is 90.3 Å². The van der Waals surface area contributed by atoms with Gasteiger partial charge >= 0.3 is 0 Å². The summed E-state index contributed by atoms with van der Waals surface area (Å²) in [5, 5.41) is 2.61. The molecule has 3 aromatic carbocycles. The number of benzene rings is 3. The molecule has 1 heterocycles. The van der Waals surface area contributed by atoms with Crippen LogP contribution in [0, 0.1) is 13.8 Å². The zero-order valence-corrected chi connectivity index (χ0v) is 14.0. The van der Waals surface area contributed by atoms with Gasteiger partial charge in [0.05, 0.1) is 0 Å². The summed E-state index contributed by atoms with van der Waals surface area (Å²) in [5.74, 6) is 0. The molecule has 1 nitrogen and oxygen atoms in total. The Morgan fingerprint density at radius 2 is 1.50 bits per heavy atom. The summed E-state index contributed by atoms with van der Waals surface area (Å²) in [6.07, 6.45) is 3.82. The van der Waals surface area contributed by atoms with Crippen molar-refractivity contribution in [2.45, 2.75) is 13.8 Å². The monoisotopic (exact) mass is 309 g/mol. The van der Waals surface area contributed by atoms with Crippen LogP contribution in [0.15, 0.2) is 79.1 Å². The minimum atomic E-state index is 1.20. The highest BCUT2D eigenvalue weighted by atomic mass is 14.6. The Bertz CT molecular complexity index is 1020. The van der Waals surface area contributed by atoms with E-state index in [2.05, 4.69) is 85.6 Å². The molecule has 0 radical (unpaired) electrons. The topological polar surface area (TPSA) is 12.9 Å². The Kier molecular flexibility index (Phi) is 3.62. The summed E-state index contributed by atoms with van der Waals surface area (Å²) in [5.41, 5.74) is 7.53. The summed E-state index contributed by atoms with van der Waals surface area (Å²) < 4.78 is 0. The summed E-state index contributed by atoms with van der Waals surface area (Å²) in [6.45, 7) is 4.31. The minimum absolute atomic E-state index is 1.20. The van der Waals surface area contributed by atoms with E-state index < -0.39 is 0 Å². The van der Waals surface area contributed by atoms with Gasteiger partial charge in [0, 0.05) is 12.4 Å². The van der Waals surface area contributed by atoms with Gasteiger partial charge in [-0.2, -0.15) is 0 Å². The minimum Gasteiger partial charge on any atom is -0.264 e. The van der Waals surface area contributed by atoms with E-state index >= 15 is 0 Å². The second-order valence-corrected chi connectivity index (χ2v) is 6.25. The molecule has 0 aliphatic heterocycles. The molecule has 24 heavy (non-hydrogen) atoms. The van der Waals surface area contributed by atoms with Crippen LogP contribution in [-0.2, 0) is 0 Å². The van der Waals surface area contributed by atoms with E-state index in [1.54, 1.807) is 0 Å². The van der Waals surface area contributed by atoms with E-state index in [1.165, 1.54) is 44.2 Å². The van der Waals surface area contributed by atoms with Crippen LogP contribution in [0.3, 0.4) is 0 Å². The lowest BCUT2D eigenvalue weighted by molar-refractivity contribution is 1.27. The van der Waals surface area contributed by atoms with Crippen molar-refractivity contribution in [3.63, 3.8) is 0 Å². The van der Waals surface area contributed by atoms with Gasteiger partial charge in [-0.3, -0.25) is 4.98 Å². The lowest BCUT2D eigenvalue weighted by atomic mass is 9.90. The highest BCUT2D eigenvalue weighted by Gasteiger charge is 2.11. The van der Waals surface area contributed by atoms with Gasteiger partial charge in [-0.15, -0.1) is 0 Å². The zero-order valence-electron chi connectivity index (χ0n) is 14.0. The van der Waals surface area contributed by atoms with Gasteiger partial charge in [-0.25, -0.2) is 0 Å². The summed E-state index contributed by atoms with van der Waals surface area (Å²) in [7, 11) is 0. The molecule has 4 aromatic rings. The van der Waals surface area contributed by atoms with Crippen molar-refractivity contribution in [3.8, 4) is 22.3 Å². The molecule has 0 unspecified atom stereocenters. The van der Waals surface area contributed by atoms with Gasteiger partial charge in [0.15, 0.2) is 0 Å². The molecule has 0 atom stereocenters. The number of aryl methyl sites for hydroxylation is 2. The maximum Gasteiger partial charge on any atom is 0.0303 e. The average molecular weight is 309 g/mol. The van der Waals surface area contributed by atoms with Crippen molar-refractivity contribution in [1.29, 1.82) is 0 Å². The predicted octanol–water partition coefficient (Wildman–Crippen LogP) is 6.19. The molecule has 0 bridgehead atoms. The van der Waals surface area contributed by atoms with E-state index in [1.807, 2.05) is 12.4 Å². The molecule has 116 valence electrons. The van der Waals surface area contributed by atoms with Crippen LogP contribution in [0.2, 0.25) is 0 Å². The van der Waals surface area contributed by atoms with Crippen LogP contribution in [0.1, 0.15) is 11.1 Å². The van der Waals surface area contributed by atoms with E-state index in [0.29, 0.717) is 0 Å². The fourth-order valence-electron chi connectivity index (χ4n) is 3.40. The third-order valence-corrected chi connectivity index (χ3v) is 4.60. The molecule has 0 aliphatic carbocycles. The second-order valence-electron chi connectivity index (χ2n) is 6.25. The van der Waals surface area contributed by atoms with Gasteiger partial charge in [0.1, 0.15) is 0 Å². The Balaban J connectivity index is 2.09. The van der Waals surface area contributed by atoms with Crippen molar-refractivity contribution < 1.29 is 0 Å². The average Bonchev–Trinajstić information content (AvgIpc) is 2.62. The molecule has 0 saturated heterocycles. The van der Waals surface area contributed by atoms with Crippen molar-refractivity contribution in [2.75, 3.05) is 0 Å². The third-order valence-electron chi connectivity index (χ3n) is 4.60. The summed E-state index contributed by atoms with van der Waals surface area (Å²) in [4.78, 5) is 4.25. The maximum atomic E-state index is 4.25. The second kappa shape index (κ2) is 5.93. The standard InChI is InChI=1S/C23H19N/c1-16-7-6-10-19-13-20(18-8-4-3-5-9-18)14-22(23(16)19)21-11-12-24-15-17(21)2/h3-15H,1-2H3. The number of aromatic nitrogens is 1. The molecule has 0 spiro atoms. The van der Waals surface area contributed by atoms with Gasteiger partial charge in [0.25, 0.3) is 0 Å². The summed E-state index contributed by atoms with van der Waals surface area (Å²) in [6, 6.07) is 23.8. The lowest BCUT2D eigenvalue weighted by Crippen LogP contribution is -1.90. The van der Waals surface area contributed by atoms with Crippen LogP contribution >= 0.6 is 0 Å². The molecule has 0 fully saturated rings. The molecule has 4 rings (SSSR count). The number of rotatable bonds is 2. The fourth-order valence-corrected chi connectivity index (χ4v) is 3.40. The molecule has 1 aromatic heterocycles. The van der Waals surface area contributed by atoms with Gasteiger partial charge in [-0.05, 0) is 76.2 Å². The van der Waals surface area contributed by atoms with Crippen LogP contribution < -0.4 is 0 Å². The molecule has 0 amide bonds. The van der Waals surface area contributed by atoms with E-state index in [-0.39, 0.29) is 0 Å². The Morgan fingerprint density at radius 1 is 0.667 bits per heavy atom. The van der Waals surface area contributed by atoms with Crippen molar-refractivity contribution >= 4 is 10.8 Å². The van der Waals surface area contributed by atoms with Gasteiger partial charge < -0.3 is 0 Å². The van der Waals surface area contributed by atoms with Gasteiger partial charge in [-0.1, -0.05) is 48.5 Å². The normalized spacial score (nSPS) is 10.9. The first-order chi connectivity index (χ1) is 11.7. The summed E-state index contributed by atoms with van der Waals surface area (Å²) >= 11 is 0. The highest BCUT2D eigenvalue weighted by molar-refractivity contribution is 6.02. The molecule has 0 aliphatic rings. The first-order valence-electron chi connectivity index (χ1n) is 8.24. The quantitative estimate of drug-likeness (QED) is 0.430. The zero-order chi connectivity index (χ0) is 16.5. The number of nitrogens with zero attached hydrogens (tertiary/aromatic N) is 1. The van der Waals surface area contributed by atoms with E-state index in [4.69, 9.17) is 0 Å². The first-order valence-corrected chi connectivity index (χ1v) is 8.24. The van der Waals surface area contributed by atoms with Crippen LogP contribution in [0.25, 0.3) is 33.0 Å². The number of fused-ring (bicyclic) bond motifs is 1. The molecule has 1 heteroatoms. The number of hydrogen-bond donors (Lipinski definition) is 0. The fraction of sp³-hybridized carbons (Fsp3) is 0.0870. The Hall–Kier alpha value is -2.93. The SMILES string of the molecule is Cc1cnccc1-c1cc(-c2ccccc2)cc2cccc(C)c12. The molecule has 0 saturated carbocycles. The largest absolute Gasteiger partial charge is 0.264 e. The van der Waals surface area contributed by atoms with Crippen LogP contribution in [0.4, 0.5) is 0 Å². The lowest BCUT2D eigenvalue weighted by Gasteiger charge is -2.14. The number of pyridine rings is 1. The number of hydrogen-bond acceptors (Lipinski definition) is 1. The van der Waals surface area contributed by atoms with Crippen LogP contribution in [-0.4, -0.2) is 4.98 Å². The molecular formula is C23H19N. The third kappa shape index (κ3) is 2.48. The van der Waals surface area contributed by atoms with E-state index in [9.17, 15) is 0 Å². The maximum absolute atomic E-state index is 4.25. The predicted molar refractivity (Wildman–Crippen MR) is 102 cm³/mol. The first kappa shape index (κ1) is 14.6. The smallest absolute Gasteiger partial charge is 0.0303 e. The Morgan fingerprint density at radius 3 is 2.29 bits per heavy atom. The molecule has 0 N–H and O–H groups in total. The van der Waals surface area contributed by atoms with E-state index in [0.717, 1.165) is 0 Å². The Labute approximate surface area is 142 Å². The van der Waals surface area contributed by atoms with Crippen molar-refractivity contribution in [1.82, 2.24) is 4.98 Å².